The molecular weight excluding hydrogens is 204 g/mol. The fourth-order valence-electron chi connectivity index (χ4n) is 1.25. The van der Waals surface area contributed by atoms with E-state index >= 15 is 0 Å². The van der Waals surface area contributed by atoms with Crippen LogP contribution in [0, 0.1) is 0 Å². The number of carbonyl (C=O) groups excluding carboxylic acids is 1. The van der Waals surface area contributed by atoms with Crippen molar-refractivity contribution in [3.8, 4) is 0 Å². The largest absolute Gasteiger partial charge is 0.298 e. The van der Waals surface area contributed by atoms with Gasteiger partial charge in [0.25, 0.3) is 0 Å². The van der Waals surface area contributed by atoms with Crippen LogP contribution in [0.2, 0.25) is 0 Å². The summed E-state index contributed by atoms with van der Waals surface area (Å²) in [6, 6.07) is 0. The highest BCUT2D eigenvalue weighted by Crippen LogP contribution is 2.13. The van der Waals surface area contributed by atoms with Gasteiger partial charge in [0, 0.05) is 12.8 Å². The molecule has 0 saturated carbocycles. The Balaban J connectivity index is 3.34. The van der Waals surface area contributed by atoms with Crippen LogP contribution in [0.1, 0.15) is 23.7 Å². The van der Waals surface area contributed by atoms with Crippen molar-refractivity contribution in [3.63, 3.8) is 0 Å². The SMILES string of the molecule is CCCn1ncc(C=O)c1S(C)(=O)=O. The average Bonchev–Trinajstić information content (AvgIpc) is 2.47. The molecule has 0 N–H and O–H groups in total. The Morgan fingerprint density at radius 3 is 2.64 bits per heavy atom. The molecule has 0 amide bonds. The molecule has 0 bridgehead atoms. The van der Waals surface area contributed by atoms with E-state index in [4.69, 9.17) is 0 Å². The molecule has 1 aromatic rings. The van der Waals surface area contributed by atoms with Crippen LogP contribution in [-0.4, -0.2) is 30.7 Å². The van der Waals surface area contributed by atoms with E-state index in [0.29, 0.717) is 12.8 Å². The maximum Gasteiger partial charge on any atom is 0.193 e. The van der Waals surface area contributed by atoms with Crippen molar-refractivity contribution in [1.82, 2.24) is 9.78 Å². The van der Waals surface area contributed by atoms with Gasteiger partial charge in [-0.1, -0.05) is 6.92 Å². The number of rotatable bonds is 4. The van der Waals surface area contributed by atoms with Gasteiger partial charge in [-0.25, -0.2) is 8.42 Å². The third-order valence-electron chi connectivity index (χ3n) is 1.73. The highest BCUT2D eigenvalue weighted by Gasteiger charge is 2.19. The molecule has 1 rings (SSSR count). The number of nitrogens with zero attached hydrogens (tertiary/aromatic N) is 2. The fourth-order valence-corrected chi connectivity index (χ4v) is 2.30. The Kier molecular flexibility index (Phi) is 3.05. The van der Waals surface area contributed by atoms with Gasteiger partial charge in [0.1, 0.15) is 0 Å². The zero-order valence-electron chi connectivity index (χ0n) is 8.10. The summed E-state index contributed by atoms with van der Waals surface area (Å²) >= 11 is 0. The van der Waals surface area contributed by atoms with Gasteiger partial charge < -0.3 is 0 Å². The molecule has 0 fully saturated rings. The molecule has 1 heterocycles. The first-order chi connectivity index (χ1) is 6.50. The summed E-state index contributed by atoms with van der Waals surface area (Å²) in [6.07, 6.45) is 3.63. The summed E-state index contributed by atoms with van der Waals surface area (Å²) in [5.41, 5.74) is 0.126. The lowest BCUT2D eigenvalue weighted by atomic mass is 10.4. The summed E-state index contributed by atoms with van der Waals surface area (Å²) < 4.78 is 24.0. The molecule has 78 valence electrons. The number of carbonyl (C=O) groups is 1. The Morgan fingerprint density at radius 1 is 1.57 bits per heavy atom. The Morgan fingerprint density at radius 2 is 2.21 bits per heavy atom. The van der Waals surface area contributed by atoms with Gasteiger partial charge >= 0.3 is 0 Å². The van der Waals surface area contributed by atoms with Crippen LogP contribution in [0.15, 0.2) is 11.2 Å². The van der Waals surface area contributed by atoms with E-state index in [9.17, 15) is 13.2 Å². The molecule has 1 aromatic heterocycles. The second-order valence-corrected chi connectivity index (χ2v) is 4.95. The second-order valence-electron chi connectivity index (χ2n) is 3.02. The van der Waals surface area contributed by atoms with Crippen LogP contribution >= 0.6 is 0 Å². The van der Waals surface area contributed by atoms with Crippen LogP contribution < -0.4 is 0 Å². The molecule has 0 atom stereocenters. The third-order valence-corrected chi connectivity index (χ3v) is 2.88. The molecule has 0 spiro atoms. The van der Waals surface area contributed by atoms with E-state index in [1.54, 1.807) is 0 Å². The number of hydrogen-bond donors (Lipinski definition) is 0. The van der Waals surface area contributed by atoms with Gasteiger partial charge in [-0.3, -0.25) is 9.48 Å². The molecule has 0 aliphatic rings. The number of aromatic nitrogens is 2. The minimum absolute atomic E-state index is 0.00866. The van der Waals surface area contributed by atoms with E-state index in [1.807, 2.05) is 6.92 Å². The number of sulfone groups is 1. The lowest BCUT2D eigenvalue weighted by molar-refractivity contribution is 0.112. The van der Waals surface area contributed by atoms with Gasteiger partial charge in [0.2, 0.25) is 0 Å². The predicted molar refractivity (Wildman–Crippen MR) is 51.0 cm³/mol. The van der Waals surface area contributed by atoms with Crippen LogP contribution in [-0.2, 0) is 16.4 Å². The number of aryl methyl sites for hydroxylation is 1. The molecule has 6 heteroatoms. The van der Waals surface area contributed by atoms with E-state index in [1.165, 1.54) is 10.9 Å². The Labute approximate surface area is 82.7 Å². The average molecular weight is 216 g/mol. The molecule has 0 saturated heterocycles. The highest BCUT2D eigenvalue weighted by molar-refractivity contribution is 7.90. The second kappa shape index (κ2) is 3.91. The standard InChI is InChI=1S/C8H12N2O3S/c1-3-4-10-8(14(2,12)13)7(6-11)5-9-10/h5-6H,3-4H2,1-2H3. The minimum atomic E-state index is -3.39. The smallest absolute Gasteiger partial charge is 0.193 e. The molecule has 0 unspecified atom stereocenters. The van der Waals surface area contributed by atoms with Gasteiger partial charge in [0.15, 0.2) is 21.1 Å². The summed E-state index contributed by atoms with van der Waals surface area (Å²) in [5, 5.41) is 3.86. The zero-order chi connectivity index (χ0) is 10.8. The van der Waals surface area contributed by atoms with Gasteiger partial charge in [-0.15, -0.1) is 0 Å². The molecule has 0 aliphatic carbocycles. The first kappa shape index (κ1) is 10.9. The maximum absolute atomic E-state index is 11.3. The monoisotopic (exact) mass is 216 g/mol. The topological polar surface area (TPSA) is 69.0 Å². The Bertz CT molecular complexity index is 433. The van der Waals surface area contributed by atoms with E-state index < -0.39 is 9.84 Å². The van der Waals surface area contributed by atoms with E-state index in [2.05, 4.69) is 5.10 Å². The lowest BCUT2D eigenvalue weighted by Crippen LogP contribution is -2.10. The first-order valence-corrected chi connectivity index (χ1v) is 6.11. The molecule has 0 aliphatic heterocycles. The summed E-state index contributed by atoms with van der Waals surface area (Å²) in [4.78, 5) is 10.6. The molecule has 5 nitrogen and oxygen atoms in total. The third kappa shape index (κ3) is 2.01. The molecular formula is C8H12N2O3S. The van der Waals surface area contributed by atoms with Crippen LogP contribution in [0.4, 0.5) is 0 Å². The van der Waals surface area contributed by atoms with Crippen molar-refractivity contribution in [1.29, 1.82) is 0 Å². The molecule has 0 aromatic carbocycles. The van der Waals surface area contributed by atoms with Crippen molar-refractivity contribution in [2.75, 3.05) is 6.26 Å². The summed E-state index contributed by atoms with van der Waals surface area (Å²) in [7, 11) is -3.39. The molecule has 0 radical (unpaired) electrons. The van der Waals surface area contributed by atoms with E-state index in [-0.39, 0.29) is 10.6 Å². The Hall–Kier alpha value is -1.17. The normalized spacial score (nSPS) is 11.6. The first-order valence-electron chi connectivity index (χ1n) is 4.21. The lowest BCUT2D eigenvalue weighted by Gasteiger charge is -2.03. The van der Waals surface area contributed by atoms with Gasteiger partial charge in [0.05, 0.1) is 11.8 Å². The number of aldehydes is 1. The summed E-state index contributed by atoms with van der Waals surface area (Å²) in [5.74, 6) is 0. The zero-order valence-corrected chi connectivity index (χ0v) is 8.91. The van der Waals surface area contributed by atoms with Crippen molar-refractivity contribution in [3.05, 3.63) is 11.8 Å². The molecule has 14 heavy (non-hydrogen) atoms. The number of hydrogen-bond acceptors (Lipinski definition) is 4. The van der Waals surface area contributed by atoms with Crippen molar-refractivity contribution in [2.24, 2.45) is 0 Å². The van der Waals surface area contributed by atoms with E-state index in [0.717, 1.165) is 12.7 Å². The van der Waals surface area contributed by atoms with Crippen molar-refractivity contribution in [2.45, 2.75) is 24.9 Å². The van der Waals surface area contributed by atoms with Crippen LogP contribution in [0.3, 0.4) is 0 Å². The predicted octanol–water partition coefficient (Wildman–Crippen LogP) is 0.509. The highest BCUT2D eigenvalue weighted by atomic mass is 32.2. The fraction of sp³-hybridized carbons (Fsp3) is 0.500. The van der Waals surface area contributed by atoms with Gasteiger partial charge in [-0.2, -0.15) is 5.10 Å². The van der Waals surface area contributed by atoms with Gasteiger partial charge in [-0.05, 0) is 6.42 Å². The summed E-state index contributed by atoms with van der Waals surface area (Å²) in [6.45, 7) is 2.41. The minimum Gasteiger partial charge on any atom is -0.298 e. The van der Waals surface area contributed by atoms with Crippen molar-refractivity contribution < 1.29 is 13.2 Å². The maximum atomic E-state index is 11.3. The van der Waals surface area contributed by atoms with Crippen LogP contribution in [0.25, 0.3) is 0 Å². The quantitative estimate of drug-likeness (QED) is 0.687. The van der Waals surface area contributed by atoms with Crippen molar-refractivity contribution >= 4 is 16.1 Å². The van der Waals surface area contributed by atoms with Crippen LogP contribution in [0.5, 0.6) is 0 Å².